The van der Waals surface area contributed by atoms with Gasteiger partial charge in [0.05, 0.1) is 11.4 Å². The van der Waals surface area contributed by atoms with Crippen LogP contribution in [0.3, 0.4) is 0 Å². The van der Waals surface area contributed by atoms with E-state index in [9.17, 15) is 0 Å². The van der Waals surface area contributed by atoms with Crippen molar-refractivity contribution in [2.45, 2.75) is 206 Å². The lowest BCUT2D eigenvalue weighted by molar-refractivity contribution is 0.332. The summed E-state index contributed by atoms with van der Waals surface area (Å²) in [4.78, 5) is 8.11. The number of hydrogen-bond donors (Lipinski definition) is 0. The topological polar surface area (TPSA) is 9.72 Å². The van der Waals surface area contributed by atoms with E-state index in [0.29, 0.717) is 0 Å². The zero-order valence-corrected chi connectivity index (χ0v) is 55.2. The summed E-state index contributed by atoms with van der Waals surface area (Å²) in [6, 6.07) is 59.0. The van der Waals surface area contributed by atoms with Crippen molar-refractivity contribution in [3.63, 3.8) is 0 Å². The van der Waals surface area contributed by atoms with Crippen molar-refractivity contribution in [2.24, 2.45) is 0 Å². The second-order valence-electron chi connectivity index (χ2n) is 32.6. The molecule has 2 aliphatic heterocycles. The third-order valence-corrected chi connectivity index (χ3v) is 23.1. The molecule has 1 aromatic heterocycles. The molecule has 0 unspecified atom stereocenters. The van der Waals surface area contributed by atoms with Gasteiger partial charge < -0.3 is 14.7 Å². The summed E-state index contributed by atoms with van der Waals surface area (Å²) in [5, 5.41) is 2.63. The molecule has 0 spiro atoms. The van der Waals surface area contributed by atoms with Crippen molar-refractivity contribution >= 4 is 106 Å². The Morgan fingerprint density at radius 2 is 0.800 bits per heavy atom. The Labute approximate surface area is 514 Å². The number of thiophene rings is 1. The van der Waals surface area contributed by atoms with Crippen LogP contribution < -0.4 is 31.1 Å². The summed E-state index contributed by atoms with van der Waals surface area (Å²) in [6.45, 7) is 44.0. The Morgan fingerprint density at radius 3 is 1.29 bits per heavy atom. The van der Waals surface area contributed by atoms with Crippen LogP contribution in [0.5, 0.6) is 0 Å². The first-order valence-corrected chi connectivity index (χ1v) is 32.9. The highest BCUT2D eigenvalue weighted by atomic mass is 32.1. The van der Waals surface area contributed by atoms with E-state index in [4.69, 9.17) is 0 Å². The van der Waals surface area contributed by atoms with Gasteiger partial charge in [-0.05, 0) is 222 Å². The smallest absolute Gasteiger partial charge is 0.252 e. The number of fused-ring (bicyclic) bond motifs is 10. The summed E-state index contributed by atoms with van der Waals surface area (Å²) >= 11 is 1.92. The highest BCUT2D eigenvalue weighted by molar-refractivity contribution is 7.26. The molecule has 5 aliphatic rings. The van der Waals surface area contributed by atoms with Crippen molar-refractivity contribution in [2.75, 3.05) is 14.7 Å². The molecule has 0 radical (unpaired) electrons. The molecule has 0 saturated heterocycles. The average Bonchev–Trinajstić information content (AvgIpc) is 0.854. The predicted molar refractivity (Wildman–Crippen MR) is 371 cm³/mol. The SMILES string of the molecule is CC(C)(C)c1ccc(N(c2ccc(C(C)(C)C)cc2)c2cc3c4c(c2)N(c2cccc5sc6ccccc6c25)c2cc5c(cc2B4c2cc4c(cc2N3c2ccc3c(c2)C(C)(C)CCC3(C)C)C(C)(C)CCC4(C)C)C(C)(C)CCC5(C)C)cc1. The molecule has 3 nitrogen and oxygen atoms in total. The van der Waals surface area contributed by atoms with Gasteiger partial charge in [-0.25, -0.2) is 0 Å². The van der Waals surface area contributed by atoms with Gasteiger partial charge in [0.1, 0.15) is 0 Å². The van der Waals surface area contributed by atoms with Crippen molar-refractivity contribution in [3.8, 4) is 0 Å². The minimum Gasteiger partial charge on any atom is -0.311 e. The van der Waals surface area contributed by atoms with E-state index in [-0.39, 0.29) is 50.0 Å². The van der Waals surface area contributed by atoms with Crippen LogP contribution >= 0.6 is 11.3 Å². The minimum absolute atomic E-state index is 0.00193. The number of hydrogen-bond acceptors (Lipinski definition) is 4. The fourth-order valence-corrected chi connectivity index (χ4v) is 17.2. The van der Waals surface area contributed by atoms with E-state index in [1.165, 1.54) is 122 Å². The first-order chi connectivity index (χ1) is 39.8. The monoisotopic (exact) mass is 1140 g/mol. The molecule has 8 aromatic carbocycles. The number of rotatable bonds is 5. The van der Waals surface area contributed by atoms with Crippen LogP contribution in [0.25, 0.3) is 20.2 Å². The molecule has 0 atom stereocenters. The second kappa shape index (κ2) is 18.5. The molecule has 3 aliphatic carbocycles. The normalized spacial score (nSPS) is 19.2. The van der Waals surface area contributed by atoms with Gasteiger partial charge in [-0.15, -0.1) is 11.3 Å². The molecule has 0 bridgehead atoms. The van der Waals surface area contributed by atoms with Gasteiger partial charge in [0.25, 0.3) is 6.71 Å². The Bertz CT molecular complexity index is 4170. The van der Waals surface area contributed by atoms with E-state index in [0.717, 1.165) is 49.2 Å². The van der Waals surface area contributed by atoms with Crippen LogP contribution in [0.4, 0.5) is 51.2 Å². The van der Waals surface area contributed by atoms with Gasteiger partial charge in [-0.1, -0.05) is 191 Å². The maximum absolute atomic E-state index is 2.77. The van der Waals surface area contributed by atoms with Crippen molar-refractivity contribution in [3.05, 3.63) is 190 Å². The lowest BCUT2D eigenvalue weighted by atomic mass is 9.32. The first-order valence-electron chi connectivity index (χ1n) is 32.1. The second-order valence-corrected chi connectivity index (χ2v) is 33.7. The molecular formula is C80H90BN3S. The first kappa shape index (κ1) is 56.3. The molecule has 14 rings (SSSR count). The number of nitrogens with zero attached hydrogens (tertiary/aromatic N) is 3. The van der Waals surface area contributed by atoms with E-state index in [1.807, 2.05) is 11.3 Å². The zero-order valence-electron chi connectivity index (χ0n) is 54.4. The van der Waals surface area contributed by atoms with Gasteiger partial charge in [-0.2, -0.15) is 0 Å². The Balaban J connectivity index is 1.17. The van der Waals surface area contributed by atoms with Gasteiger partial charge in [-0.3, -0.25) is 0 Å². The lowest BCUT2D eigenvalue weighted by Gasteiger charge is -2.49. The van der Waals surface area contributed by atoms with Gasteiger partial charge in [0.2, 0.25) is 0 Å². The molecular weight excluding hydrogens is 1050 g/mol. The highest BCUT2D eigenvalue weighted by Crippen LogP contribution is 2.57. The third-order valence-electron chi connectivity index (χ3n) is 22.0. The van der Waals surface area contributed by atoms with E-state index in [1.54, 1.807) is 0 Å². The number of anilines is 9. The van der Waals surface area contributed by atoms with Crippen molar-refractivity contribution < 1.29 is 0 Å². The van der Waals surface area contributed by atoms with Crippen LogP contribution in [0.1, 0.15) is 208 Å². The molecule has 434 valence electrons. The summed E-state index contributed by atoms with van der Waals surface area (Å²) in [7, 11) is 0. The third kappa shape index (κ3) is 8.75. The fourth-order valence-electron chi connectivity index (χ4n) is 16.1. The summed E-state index contributed by atoms with van der Waals surface area (Å²) < 4.78 is 2.64. The fraction of sp³-hybridized carbons (Fsp3) is 0.400. The zero-order chi connectivity index (χ0) is 60.1. The molecule has 0 N–H and O–H groups in total. The molecule has 5 heteroatoms. The van der Waals surface area contributed by atoms with Crippen LogP contribution in [0.2, 0.25) is 0 Å². The van der Waals surface area contributed by atoms with E-state index >= 15 is 0 Å². The summed E-state index contributed by atoms with van der Waals surface area (Å²) in [6.07, 6.45) is 6.93. The molecule has 9 aromatic rings. The Morgan fingerprint density at radius 1 is 0.376 bits per heavy atom. The van der Waals surface area contributed by atoms with E-state index < -0.39 is 0 Å². The lowest BCUT2D eigenvalue weighted by Crippen LogP contribution is -2.62. The molecule has 0 saturated carbocycles. The maximum Gasteiger partial charge on any atom is 0.252 e. The summed E-state index contributed by atoms with van der Waals surface area (Å²) in [5.41, 5.74) is 26.9. The minimum atomic E-state index is -0.0501. The largest absolute Gasteiger partial charge is 0.311 e. The Hall–Kier alpha value is -6.56. The van der Waals surface area contributed by atoms with Crippen LogP contribution in [-0.2, 0) is 43.3 Å². The van der Waals surface area contributed by atoms with Gasteiger partial charge in [0, 0.05) is 60.0 Å². The van der Waals surface area contributed by atoms with E-state index in [2.05, 4.69) is 285 Å². The molecule has 3 heterocycles. The van der Waals surface area contributed by atoms with Crippen LogP contribution in [0, 0.1) is 0 Å². The van der Waals surface area contributed by atoms with Crippen LogP contribution in [-0.4, -0.2) is 6.71 Å². The predicted octanol–water partition coefficient (Wildman–Crippen LogP) is 21.2. The standard InChI is InChI=1S/C80H90BN3S/c1-73(2,3)49-26-30-51(31-27-49)82(52-32-28-50(29-33-52)74(4,5)6)54-43-67-72-68(44-54)84(64-23-21-25-70-71(64)55-22-19-20-24-69(55)85-70)66-48-61-59(78(13,14)39-41-80(61,17)18)46-63(66)81(72)62-45-58-60(79(15,16)40-38-77(58,11)12)47-65(62)83(67)53-34-35-56-57(42-53)76(9,10)37-36-75(56,7)8/h19-35,42-48H,36-41H2,1-18H3. The average molecular weight is 1140 g/mol. The van der Waals surface area contributed by atoms with Crippen molar-refractivity contribution in [1.29, 1.82) is 0 Å². The van der Waals surface area contributed by atoms with Crippen LogP contribution in [0.15, 0.2) is 146 Å². The quantitative estimate of drug-likeness (QED) is 0.159. The molecule has 85 heavy (non-hydrogen) atoms. The molecule has 0 fully saturated rings. The van der Waals surface area contributed by atoms with Gasteiger partial charge >= 0.3 is 0 Å². The Kier molecular flexibility index (Phi) is 12.2. The van der Waals surface area contributed by atoms with Crippen molar-refractivity contribution in [1.82, 2.24) is 0 Å². The van der Waals surface area contributed by atoms with Gasteiger partial charge in [0.15, 0.2) is 0 Å². The molecule has 0 amide bonds. The maximum atomic E-state index is 2.77. The highest BCUT2D eigenvalue weighted by Gasteiger charge is 2.50. The summed E-state index contributed by atoms with van der Waals surface area (Å²) in [5.74, 6) is 0. The number of benzene rings is 8.